The third kappa shape index (κ3) is 8.35. The maximum absolute atomic E-state index is 12.3. The summed E-state index contributed by atoms with van der Waals surface area (Å²) in [5, 5.41) is 9.46. The van der Waals surface area contributed by atoms with Crippen molar-refractivity contribution in [1.29, 1.82) is 0 Å². The number of benzene rings is 2. The highest BCUT2D eigenvalue weighted by Crippen LogP contribution is 2.31. The van der Waals surface area contributed by atoms with Crippen LogP contribution in [-0.2, 0) is 26.0 Å². The van der Waals surface area contributed by atoms with Gasteiger partial charge < -0.3 is 20.7 Å². The van der Waals surface area contributed by atoms with Crippen molar-refractivity contribution in [3.8, 4) is 5.75 Å². The van der Waals surface area contributed by atoms with Crippen LogP contribution >= 0.6 is 11.6 Å². The maximum Gasteiger partial charge on any atom is 0.235 e. The zero-order valence-electron chi connectivity index (χ0n) is 20.8. The van der Waals surface area contributed by atoms with E-state index in [9.17, 15) is 18.0 Å². The molecular formula is C26H25ClN6O5S. The molecular weight excluding hydrogens is 544 g/mol. The molecule has 0 aliphatic heterocycles. The first-order valence-electron chi connectivity index (χ1n) is 11.7. The van der Waals surface area contributed by atoms with Crippen LogP contribution in [0, 0.1) is 0 Å². The fraction of sp³-hybridized carbons (Fsp3) is 0.192. The molecule has 0 aliphatic rings. The van der Waals surface area contributed by atoms with Gasteiger partial charge in [-0.3, -0.25) is 14.6 Å². The van der Waals surface area contributed by atoms with E-state index in [1.54, 1.807) is 42.6 Å². The summed E-state index contributed by atoms with van der Waals surface area (Å²) in [6.45, 7) is 0.289. The summed E-state index contributed by atoms with van der Waals surface area (Å²) in [6.07, 6.45) is 4.06. The Morgan fingerprint density at radius 3 is 2.54 bits per heavy atom. The SMILES string of the molecule is CS(=O)(=O)CC(=O)NCCC(=O)Nc1ccc2ncnc(Nc3ccc(OCc4ccccn4)c(Cl)c3)c2c1. The molecule has 3 N–H and O–H groups in total. The Kier molecular flexibility index (Phi) is 8.89. The van der Waals surface area contributed by atoms with E-state index in [1.165, 1.54) is 6.33 Å². The van der Waals surface area contributed by atoms with Crippen molar-refractivity contribution < 1.29 is 22.7 Å². The molecule has 2 heterocycles. The predicted molar refractivity (Wildman–Crippen MR) is 149 cm³/mol. The molecule has 0 atom stereocenters. The number of carbonyl (C=O) groups excluding carboxylic acids is 2. The van der Waals surface area contributed by atoms with Crippen molar-refractivity contribution in [3.63, 3.8) is 0 Å². The molecule has 11 nitrogen and oxygen atoms in total. The molecule has 0 bridgehead atoms. The monoisotopic (exact) mass is 568 g/mol. The third-order valence-corrected chi connectivity index (χ3v) is 6.36. The molecule has 0 radical (unpaired) electrons. The van der Waals surface area contributed by atoms with Gasteiger partial charge in [-0.2, -0.15) is 0 Å². The van der Waals surface area contributed by atoms with Gasteiger partial charge in [0, 0.05) is 42.2 Å². The van der Waals surface area contributed by atoms with Crippen LogP contribution in [0.1, 0.15) is 12.1 Å². The number of rotatable bonds is 11. The Morgan fingerprint density at radius 2 is 1.79 bits per heavy atom. The molecule has 202 valence electrons. The number of carbonyl (C=O) groups is 2. The van der Waals surface area contributed by atoms with Gasteiger partial charge in [0.15, 0.2) is 9.84 Å². The van der Waals surface area contributed by atoms with Crippen LogP contribution in [0.25, 0.3) is 10.9 Å². The van der Waals surface area contributed by atoms with Gasteiger partial charge in [-0.05, 0) is 48.5 Å². The van der Waals surface area contributed by atoms with Crippen LogP contribution in [0.4, 0.5) is 17.2 Å². The zero-order valence-corrected chi connectivity index (χ0v) is 22.4. The molecule has 0 fully saturated rings. The first-order valence-corrected chi connectivity index (χ1v) is 14.2. The Morgan fingerprint density at radius 1 is 0.974 bits per heavy atom. The molecule has 4 rings (SSSR count). The first-order chi connectivity index (χ1) is 18.7. The average molecular weight is 569 g/mol. The van der Waals surface area contributed by atoms with E-state index in [1.807, 2.05) is 18.2 Å². The standard InChI is InChI=1S/C26H25ClN6O5S/c1-39(36,37)15-25(35)29-11-9-24(34)32-17-5-7-22-20(12-17)26(31-16-30-22)33-18-6-8-23(21(27)13-18)38-14-19-4-2-3-10-28-19/h2-8,10,12-13,16H,9,11,14-15H2,1H3,(H,29,35)(H,32,34)(H,30,31,33). The number of ether oxygens (including phenoxy) is 1. The van der Waals surface area contributed by atoms with E-state index in [2.05, 4.69) is 30.9 Å². The molecule has 2 aromatic heterocycles. The van der Waals surface area contributed by atoms with Crippen molar-refractivity contribution in [2.75, 3.05) is 29.2 Å². The Balaban J connectivity index is 1.40. The van der Waals surface area contributed by atoms with E-state index in [0.717, 1.165) is 11.9 Å². The van der Waals surface area contributed by atoms with E-state index in [4.69, 9.17) is 16.3 Å². The van der Waals surface area contributed by atoms with Crippen LogP contribution in [0.15, 0.2) is 67.1 Å². The fourth-order valence-corrected chi connectivity index (χ4v) is 4.34. The normalized spacial score (nSPS) is 11.1. The van der Waals surface area contributed by atoms with E-state index in [-0.39, 0.29) is 25.5 Å². The number of sulfone groups is 1. The summed E-state index contributed by atoms with van der Waals surface area (Å²) in [5.41, 5.74) is 2.61. The molecule has 2 amide bonds. The molecule has 39 heavy (non-hydrogen) atoms. The minimum Gasteiger partial charge on any atom is -0.486 e. The lowest BCUT2D eigenvalue weighted by atomic mass is 10.2. The number of hydrogen-bond acceptors (Lipinski definition) is 9. The number of amides is 2. The molecule has 0 saturated heterocycles. The molecule has 0 aliphatic carbocycles. The largest absolute Gasteiger partial charge is 0.486 e. The molecule has 0 saturated carbocycles. The number of fused-ring (bicyclic) bond motifs is 1. The highest BCUT2D eigenvalue weighted by molar-refractivity contribution is 7.91. The lowest BCUT2D eigenvalue weighted by molar-refractivity contribution is -0.119. The second-order valence-corrected chi connectivity index (χ2v) is 11.1. The van der Waals surface area contributed by atoms with Gasteiger partial charge in [0.05, 0.1) is 16.2 Å². The molecule has 0 unspecified atom stereocenters. The highest BCUT2D eigenvalue weighted by Gasteiger charge is 2.12. The molecule has 4 aromatic rings. The number of aromatic nitrogens is 3. The first kappa shape index (κ1) is 27.7. The molecule has 13 heteroatoms. The van der Waals surface area contributed by atoms with Gasteiger partial charge in [0.1, 0.15) is 30.3 Å². The summed E-state index contributed by atoms with van der Waals surface area (Å²) in [6, 6.07) is 16.0. The summed E-state index contributed by atoms with van der Waals surface area (Å²) >= 11 is 6.43. The van der Waals surface area contributed by atoms with Crippen molar-refractivity contribution in [2.45, 2.75) is 13.0 Å². The average Bonchev–Trinajstić information content (AvgIpc) is 2.88. The van der Waals surface area contributed by atoms with Gasteiger partial charge in [-0.25, -0.2) is 18.4 Å². The second-order valence-electron chi connectivity index (χ2n) is 8.55. The minimum atomic E-state index is -3.43. The third-order valence-electron chi connectivity index (χ3n) is 5.28. The topological polar surface area (TPSA) is 152 Å². The Bertz CT molecular complexity index is 1600. The quantitative estimate of drug-likeness (QED) is 0.247. The smallest absolute Gasteiger partial charge is 0.235 e. The van der Waals surface area contributed by atoms with E-state index >= 15 is 0 Å². The van der Waals surface area contributed by atoms with Crippen LogP contribution in [-0.4, -0.2) is 53.7 Å². The Hall–Kier alpha value is -4.29. The predicted octanol–water partition coefficient (Wildman–Crippen LogP) is 3.49. The number of hydrogen-bond donors (Lipinski definition) is 3. The van der Waals surface area contributed by atoms with Crippen molar-refractivity contribution in [3.05, 3.63) is 77.8 Å². The summed E-state index contributed by atoms with van der Waals surface area (Å²) < 4.78 is 28.1. The lowest BCUT2D eigenvalue weighted by Gasteiger charge is -2.12. The van der Waals surface area contributed by atoms with Gasteiger partial charge in [0.25, 0.3) is 0 Å². The second kappa shape index (κ2) is 12.5. The number of halogens is 1. The van der Waals surface area contributed by atoms with Crippen LogP contribution in [0.5, 0.6) is 5.75 Å². The van der Waals surface area contributed by atoms with Gasteiger partial charge in [-0.1, -0.05) is 17.7 Å². The van der Waals surface area contributed by atoms with Gasteiger partial charge in [-0.15, -0.1) is 0 Å². The number of anilines is 3. The van der Waals surface area contributed by atoms with E-state index < -0.39 is 21.5 Å². The minimum absolute atomic E-state index is 0.00597. The number of nitrogens with zero attached hydrogens (tertiary/aromatic N) is 3. The summed E-state index contributed by atoms with van der Waals surface area (Å²) in [7, 11) is -3.43. The van der Waals surface area contributed by atoms with Gasteiger partial charge >= 0.3 is 0 Å². The van der Waals surface area contributed by atoms with Crippen molar-refractivity contribution in [1.82, 2.24) is 20.3 Å². The summed E-state index contributed by atoms with van der Waals surface area (Å²) in [4.78, 5) is 36.8. The maximum atomic E-state index is 12.3. The van der Waals surface area contributed by atoms with Crippen molar-refractivity contribution >= 4 is 61.3 Å². The molecule has 0 spiro atoms. The van der Waals surface area contributed by atoms with Gasteiger partial charge in [0.2, 0.25) is 11.8 Å². The highest BCUT2D eigenvalue weighted by atomic mass is 35.5. The fourth-order valence-electron chi connectivity index (χ4n) is 3.53. The van der Waals surface area contributed by atoms with E-state index in [0.29, 0.717) is 38.9 Å². The lowest BCUT2D eigenvalue weighted by Crippen LogP contribution is -2.32. The summed E-state index contributed by atoms with van der Waals surface area (Å²) in [5.74, 6) is -0.619. The number of nitrogens with one attached hydrogen (secondary N) is 3. The molecule has 2 aromatic carbocycles. The van der Waals surface area contributed by atoms with Crippen LogP contribution in [0.2, 0.25) is 5.02 Å². The van der Waals surface area contributed by atoms with Crippen LogP contribution < -0.4 is 20.7 Å². The Labute approximate surface area is 229 Å². The van der Waals surface area contributed by atoms with Crippen molar-refractivity contribution in [2.24, 2.45) is 0 Å². The number of pyridine rings is 1. The zero-order chi connectivity index (χ0) is 27.8. The van der Waals surface area contributed by atoms with Crippen LogP contribution in [0.3, 0.4) is 0 Å².